The molecule has 1 aromatic rings. The second kappa shape index (κ2) is 9.12. The Morgan fingerprint density at radius 1 is 1.00 bits per heavy atom. The van der Waals surface area contributed by atoms with E-state index in [0.29, 0.717) is 48.7 Å². The predicted octanol–water partition coefficient (Wildman–Crippen LogP) is 5.46. The molecule has 9 heteroatoms. The van der Waals surface area contributed by atoms with Crippen molar-refractivity contribution in [3.05, 3.63) is 29.3 Å². The molecule has 1 rings (SSSR count). The molecule has 0 saturated heterocycles. The summed E-state index contributed by atoms with van der Waals surface area (Å²) in [5.41, 5.74) is -0.352. The fourth-order valence-electron chi connectivity index (χ4n) is 1.96. The van der Waals surface area contributed by atoms with Gasteiger partial charge in [0, 0.05) is 0 Å². The molecule has 138 valence electrons. The molecule has 0 aliphatic heterocycles. The standard InChI is InChI=1S/C15H18F6OS2/c16-13(14(17,18)15(19,20)21)11-4-5-12(22-6-2-8-24)10(9-11)3-1-7-23/h4-5,9,13,23-24H,1-3,6-8H2. The summed E-state index contributed by atoms with van der Waals surface area (Å²) < 4.78 is 82.6. The first-order valence-electron chi connectivity index (χ1n) is 7.21. The van der Waals surface area contributed by atoms with Gasteiger partial charge in [0.25, 0.3) is 0 Å². The first-order chi connectivity index (χ1) is 11.1. The average molecular weight is 392 g/mol. The molecule has 0 heterocycles. The van der Waals surface area contributed by atoms with Crippen LogP contribution in [0.1, 0.15) is 30.1 Å². The molecule has 0 aliphatic carbocycles. The summed E-state index contributed by atoms with van der Waals surface area (Å²) in [5, 5.41) is 0. The van der Waals surface area contributed by atoms with Gasteiger partial charge < -0.3 is 4.74 Å². The van der Waals surface area contributed by atoms with Crippen LogP contribution in [0.5, 0.6) is 5.75 Å². The molecule has 1 unspecified atom stereocenters. The van der Waals surface area contributed by atoms with Gasteiger partial charge in [0.05, 0.1) is 6.61 Å². The van der Waals surface area contributed by atoms with E-state index in [0.717, 1.165) is 12.1 Å². The fraction of sp³-hybridized carbons (Fsp3) is 0.600. The van der Waals surface area contributed by atoms with Crippen LogP contribution in [-0.4, -0.2) is 30.2 Å². The minimum atomic E-state index is -5.96. The van der Waals surface area contributed by atoms with Gasteiger partial charge in [-0.3, -0.25) is 0 Å². The monoisotopic (exact) mass is 392 g/mol. The van der Waals surface area contributed by atoms with Crippen molar-refractivity contribution in [2.45, 2.75) is 37.5 Å². The first-order valence-corrected chi connectivity index (χ1v) is 8.47. The highest BCUT2D eigenvalue weighted by Gasteiger charge is 2.63. The van der Waals surface area contributed by atoms with Crippen LogP contribution < -0.4 is 4.74 Å². The molecule has 0 bridgehead atoms. The van der Waals surface area contributed by atoms with E-state index in [4.69, 9.17) is 4.74 Å². The SMILES string of the molecule is FC(c1ccc(OCCCS)c(CCCS)c1)C(F)(F)C(F)(F)F. The van der Waals surface area contributed by atoms with Gasteiger partial charge >= 0.3 is 12.1 Å². The number of halogens is 6. The van der Waals surface area contributed by atoms with Crippen LogP contribution in [0.25, 0.3) is 0 Å². The second-order valence-corrected chi connectivity index (χ2v) is 6.00. The molecule has 1 aromatic carbocycles. The van der Waals surface area contributed by atoms with E-state index in [-0.39, 0.29) is 0 Å². The van der Waals surface area contributed by atoms with Gasteiger partial charge in [-0.15, -0.1) is 0 Å². The maximum absolute atomic E-state index is 13.8. The van der Waals surface area contributed by atoms with E-state index >= 15 is 0 Å². The first kappa shape index (κ1) is 21.3. The lowest BCUT2D eigenvalue weighted by Gasteiger charge is -2.24. The molecular weight excluding hydrogens is 374 g/mol. The van der Waals surface area contributed by atoms with Crippen LogP contribution in [0.15, 0.2) is 18.2 Å². The van der Waals surface area contributed by atoms with E-state index in [1.807, 2.05) is 0 Å². The van der Waals surface area contributed by atoms with E-state index in [1.165, 1.54) is 6.07 Å². The number of thiol groups is 2. The third kappa shape index (κ3) is 5.40. The molecule has 1 nitrogen and oxygen atoms in total. The minimum Gasteiger partial charge on any atom is -0.493 e. The van der Waals surface area contributed by atoms with Crippen molar-refractivity contribution in [3.63, 3.8) is 0 Å². The quantitative estimate of drug-likeness (QED) is 0.323. The van der Waals surface area contributed by atoms with Crippen molar-refractivity contribution in [3.8, 4) is 5.75 Å². The zero-order valence-electron chi connectivity index (χ0n) is 12.6. The summed E-state index contributed by atoms with van der Waals surface area (Å²) in [4.78, 5) is 0. The van der Waals surface area contributed by atoms with E-state index in [9.17, 15) is 26.3 Å². The van der Waals surface area contributed by atoms with Crippen molar-refractivity contribution in [1.29, 1.82) is 0 Å². The Morgan fingerprint density at radius 2 is 1.62 bits per heavy atom. The lowest BCUT2D eigenvalue weighted by Crippen LogP contribution is -2.40. The highest BCUT2D eigenvalue weighted by Crippen LogP contribution is 2.47. The average Bonchev–Trinajstić information content (AvgIpc) is 2.52. The van der Waals surface area contributed by atoms with Gasteiger partial charge in [0.1, 0.15) is 5.75 Å². The zero-order valence-corrected chi connectivity index (χ0v) is 14.4. The van der Waals surface area contributed by atoms with Crippen molar-refractivity contribution in [1.82, 2.24) is 0 Å². The molecule has 0 N–H and O–H groups in total. The summed E-state index contributed by atoms with van der Waals surface area (Å²) in [6.07, 6.45) is -7.92. The van der Waals surface area contributed by atoms with E-state index in [1.54, 1.807) is 0 Å². The Hall–Kier alpha value is -0.700. The van der Waals surface area contributed by atoms with Gasteiger partial charge in [0.15, 0.2) is 6.17 Å². The van der Waals surface area contributed by atoms with Crippen LogP contribution >= 0.6 is 25.3 Å². The second-order valence-electron chi connectivity index (χ2n) is 5.10. The Labute approximate surface area is 147 Å². The summed E-state index contributed by atoms with van der Waals surface area (Å²) in [5.74, 6) is -4.06. The summed E-state index contributed by atoms with van der Waals surface area (Å²) in [7, 11) is 0. The van der Waals surface area contributed by atoms with Gasteiger partial charge in [-0.2, -0.15) is 47.2 Å². The van der Waals surface area contributed by atoms with Gasteiger partial charge in [-0.1, -0.05) is 6.07 Å². The van der Waals surface area contributed by atoms with Gasteiger partial charge in [0.2, 0.25) is 0 Å². The number of hydrogen-bond acceptors (Lipinski definition) is 3. The van der Waals surface area contributed by atoms with Crippen LogP contribution in [0, 0.1) is 0 Å². The number of benzene rings is 1. The largest absolute Gasteiger partial charge is 0.493 e. The molecule has 0 spiro atoms. The Balaban J connectivity index is 3.08. The lowest BCUT2D eigenvalue weighted by molar-refractivity contribution is -0.305. The lowest BCUT2D eigenvalue weighted by atomic mass is 9.99. The third-order valence-electron chi connectivity index (χ3n) is 3.24. The topological polar surface area (TPSA) is 9.23 Å². The molecule has 24 heavy (non-hydrogen) atoms. The zero-order chi connectivity index (χ0) is 18.4. The van der Waals surface area contributed by atoms with Gasteiger partial charge in [-0.05, 0) is 54.0 Å². The van der Waals surface area contributed by atoms with Crippen molar-refractivity contribution >= 4 is 25.3 Å². The van der Waals surface area contributed by atoms with Crippen molar-refractivity contribution < 1.29 is 31.1 Å². The van der Waals surface area contributed by atoms with Gasteiger partial charge in [-0.25, -0.2) is 4.39 Å². The number of alkyl halides is 6. The van der Waals surface area contributed by atoms with Crippen LogP contribution in [0.2, 0.25) is 0 Å². The molecular formula is C15H18F6OS2. The predicted molar refractivity (Wildman–Crippen MR) is 87.4 cm³/mol. The van der Waals surface area contributed by atoms with Crippen LogP contribution in [0.3, 0.4) is 0 Å². The fourth-order valence-corrected chi connectivity index (χ4v) is 2.25. The smallest absolute Gasteiger partial charge is 0.456 e. The van der Waals surface area contributed by atoms with E-state index in [2.05, 4.69) is 25.3 Å². The summed E-state index contributed by atoms with van der Waals surface area (Å²) in [6.45, 7) is 0.314. The van der Waals surface area contributed by atoms with Crippen LogP contribution in [0.4, 0.5) is 26.3 Å². The maximum Gasteiger partial charge on any atom is 0.456 e. The molecule has 0 fully saturated rings. The highest BCUT2D eigenvalue weighted by molar-refractivity contribution is 7.80. The highest BCUT2D eigenvalue weighted by atomic mass is 32.1. The number of hydrogen-bond donors (Lipinski definition) is 2. The third-order valence-corrected chi connectivity index (χ3v) is 3.87. The number of ether oxygens (including phenoxy) is 1. The molecule has 0 radical (unpaired) electrons. The normalized spacial score (nSPS) is 13.8. The summed E-state index contributed by atoms with van der Waals surface area (Å²) in [6, 6.07) is 3.12. The molecule has 0 saturated carbocycles. The minimum absolute atomic E-state index is 0.314. The molecule has 0 amide bonds. The molecule has 1 atom stereocenters. The maximum atomic E-state index is 13.8. The van der Waals surface area contributed by atoms with Crippen molar-refractivity contribution in [2.75, 3.05) is 18.1 Å². The number of rotatable bonds is 9. The Bertz CT molecular complexity index is 521. The Morgan fingerprint density at radius 3 is 2.17 bits per heavy atom. The van der Waals surface area contributed by atoms with E-state index < -0.39 is 23.8 Å². The van der Waals surface area contributed by atoms with Crippen LogP contribution in [-0.2, 0) is 6.42 Å². The summed E-state index contributed by atoms with van der Waals surface area (Å²) >= 11 is 8.05. The Kier molecular flexibility index (Phi) is 8.11. The number of aryl methyl sites for hydroxylation is 1. The molecule has 0 aromatic heterocycles. The molecule has 0 aliphatic rings. The van der Waals surface area contributed by atoms with Crippen molar-refractivity contribution in [2.24, 2.45) is 0 Å².